The summed E-state index contributed by atoms with van der Waals surface area (Å²) in [4.78, 5) is 3.09. The van der Waals surface area contributed by atoms with Crippen LogP contribution in [0.15, 0.2) is 66.7 Å². The maximum Gasteiger partial charge on any atom is 0.161 e. The highest BCUT2D eigenvalue weighted by Gasteiger charge is 2.20. The van der Waals surface area contributed by atoms with Gasteiger partial charge in [-0.25, -0.2) is 0 Å². The fourth-order valence-electron chi connectivity index (χ4n) is 3.79. The van der Waals surface area contributed by atoms with Gasteiger partial charge in [0.1, 0.15) is 24.0 Å². The Labute approximate surface area is 189 Å². The molecule has 0 aliphatic carbocycles. The average Bonchev–Trinajstić information content (AvgIpc) is 2.82. The van der Waals surface area contributed by atoms with Gasteiger partial charge in [-0.2, -0.15) is 0 Å². The third-order valence-electron chi connectivity index (χ3n) is 5.52. The Kier molecular flexibility index (Phi) is 6.73. The van der Waals surface area contributed by atoms with Crippen molar-refractivity contribution in [2.45, 2.75) is 19.9 Å². The summed E-state index contributed by atoms with van der Waals surface area (Å²) in [5, 5.41) is 0. The standard InChI is InChI=1S/C26H27NO3S/c1-19-7-3-6-10-23(19)29-15-16-30-24-12-11-21(17-25(24)28-2)26(31)27-14-13-20-8-4-5-9-22(20)18-27/h3-12,17H,13-16,18H2,1-2H3. The largest absolute Gasteiger partial charge is 0.493 e. The summed E-state index contributed by atoms with van der Waals surface area (Å²) in [5.41, 5.74) is 4.83. The Hall–Kier alpha value is -3.05. The van der Waals surface area contributed by atoms with Crippen LogP contribution >= 0.6 is 12.2 Å². The van der Waals surface area contributed by atoms with Gasteiger partial charge in [0.05, 0.1) is 7.11 Å². The maximum absolute atomic E-state index is 5.91. The summed E-state index contributed by atoms with van der Waals surface area (Å²) in [6.07, 6.45) is 1.01. The summed E-state index contributed by atoms with van der Waals surface area (Å²) >= 11 is 5.80. The van der Waals surface area contributed by atoms with Gasteiger partial charge in [-0.1, -0.05) is 54.7 Å². The van der Waals surface area contributed by atoms with E-state index in [1.54, 1.807) is 7.11 Å². The summed E-state index contributed by atoms with van der Waals surface area (Å²) in [6.45, 7) is 4.68. The predicted molar refractivity (Wildman–Crippen MR) is 127 cm³/mol. The molecule has 31 heavy (non-hydrogen) atoms. The van der Waals surface area contributed by atoms with Crippen LogP contribution in [0.4, 0.5) is 0 Å². The summed E-state index contributed by atoms with van der Waals surface area (Å²) in [7, 11) is 1.65. The SMILES string of the molecule is COc1cc(C(=S)N2CCc3ccccc3C2)ccc1OCCOc1ccccc1C. The van der Waals surface area contributed by atoms with Crippen LogP contribution in [-0.2, 0) is 13.0 Å². The Morgan fingerprint density at radius 2 is 1.58 bits per heavy atom. The first-order valence-corrected chi connectivity index (χ1v) is 10.9. The number of benzene rings is 3. The van der Waals surface area contributed by atoms with Crippen LogP contribution in [-0.4, -0.2) is 36.8 Å². The second-order valence-corrected chi connectivity index (χ2v) is 7.96. The van der Waals surface area contributed by atoms with Gasteiger partial charge in [0, 0.05) is 18.7 Å². The quantitative estimate of drug-likeness (QED) is 0.378. The van der Waals surface area contributed by atoms with Gasteiger partial charge in [0.2, 0.25) is 0 Å². The van der Waals surface area contributed by atoms with E-state index in [-0.39, 0.29) is 0 Å². The fraction of sp³-hybridized carbons (Fsp3) is 0.269. The van der Waals surface area contributed by atoms with Crippen LogP contribution in [0.25, 0.3) is 0 Å². The lowest BCUT2D eigenvalue weighted by atomic mass is 9.99. The Bertz CT molecular complexity index is 1070. The lowest BCUT2D eigenvalue weighted by molar-refractivity contribution is 0.210. The molecule has 0 aromatic heterocycles. The van der Waals surface area contributed by atoms with E-state index in [1.807, 2.05) is 49.4 Å². The van der Waals surface area contributed by atoms with Gasteiger partial charge in [-0.3, -0.25) is 0 Å². The second-order valence-electron chi connectivity index (χ2n) is 7.57. The number of para-hydroxylation sites is 1. The molecule has 0 N–H and O–H groups in total. The third-order valence-corrected chi connectivity index (χ3v) is 6.01. The number of fused-ring (bicyclic) bond motifs is 1. The monoisotopic (exact) mass is 433 g/mol. The molecule has 4 nitrogen and oxygen atoms in total. The minimum atomic E-state index is 0.428. The number of thiocarbonyl (C=S) groups is 1. The average molecular weight is 434 g/mol. The highest BCUT2D eigenvalue weighted by atomic mass is 32.1. The highest BCUT2D eigenvalue weighted by molar-refractivity contribution is 7.80. The third kappa shape index (κ3) is 5.00. The van der Waals surface area contributed by atoms with Crippen molar-refractivity contribution >= 4 is 17.2 Å². The number of methoxy groups -OCH3 is 1. The van der Waals surface area contributed by atoms with Gasteiger partial charge in [0.25, 0.3) is 0 Å². The van der Waals surface area contributed by atoms with E-state index in [0.29, 0.717) is 24.7 Å². The molecule has 0 atom stereocenters. The summed E-state index contributed by atoms with van der Waals surface area (Å²) in [6, 6.07) is 22.4. The number of rotatable bonds is 7. The second kappa shape index (κ2) is 9.84. The molecule has 1 aliphatic heterocycles. The topological polar surface area (TPSA) is 30.9 Å². The summed E-state index contributed by atoms with van der Waals surface area (Å²) < 4.78 is 17.3. The molecule has 3 aromatic carbocycles. The summed E-state index contributed by atoms with van der Waals surface area (Å²) in [5.74, 6) is 2.24. The molecule has 0 spiro atoms. The first-order valence-electron chi connectivity index (χ1n) is 10.5. The lowest BCUT2D eigenvalue weighted by Crippen LogP contribution is -2.35. The molecule has 0 saturated carbocycles. The van der Waals surface area contributed by atoms with E-state index in [1.165, 1.54) is 11.1 Å². The van der Waals surface area contributed by atoms with E-state index in [0.717, 1.165) is 41.4 Å². The molecule has 1 aliphatic rings. The molecular weight excluding hydrogens is 406 g/mol. The van der Waals surface area contributed by atoms with Gasteiger partial charge in [-0.15, -0.1) is 0 Å². The maximum atomic E-state index is 5.91. The number of ether oxygens (including phenoxy) is 3. The molecule has 0 fully saturated rings. The molecular formula is C26H27NO3S. The van der Waals surface area contributed by atoms with Crippen molar-refractivity contribution in [1.29, 1.82) is 0 Å². The van der Waals surface area contributed by atoms with Crippen molar-refractivity contribution in [2.75, 3.05) is 26.9 Å². The molecule has 160 valence electrons. The number of hydrogen-bond donors (Lipinski definition) is 0. The highest BCUT2D eigenvalue weighted by Crippen LogP contribution is 2.30. The van der Waals surface area contributed by atoms with Crippen molar-refractivity contribution in [3.05, 3.63) is 89.0 Å². The first-order chi connectivity index (χ1) is 15.2. The van der Waals surface area contributed by atoms with Crippen LogP contribution in [0.3, 0.4) is 0 Å². The van der Waals surface area contributed by atoms with Gasteiger partial charge in [-0.05, 0) is 54.3 Å². The van der Waals surface area contributed by atoms with Crippen molar-refractivity contribution in [2.24, 2.45) is 0 Å². The molecule has 0 saturated heterocycles. The Balaban J connectivity index is 1.37. The van der Waals surface area contributed by atoms with Crippen LogP contribution in [0.5, 0.6) is 17.2 Å². The molecule has 4 rings (SSSR count). The zero-order valence-corrected chi connectivity index (χ0v) is 18.8. The Morgan fingerprint density at radius 1 is 0.871 bits per heavy atom. The minimum absolute atomic E-state index is 0.428. The Morgan fingerprint density at radius 3 is 2.35 bits per heavy atom. The van der Waals surface area contributed by atoms with Crippen LogP contribution in [0.1, 0.15) is 22.3 Å². The van der Waals surface area contributed by atoms with Crippen LogP contribution < -0.4 is 14.2 Å². The van der Waals surface area contributed by atoms with E-state index in [9.17, 15) is 0 Å². The van der Waals surface area contributed by atoms with Crippen molar-refractivity contribution in [3.8, 4) is 17.2 Å². The van der Waals surface area contributed by atoms with Gasteiger partial charge in [0.15, 0.2) is 11.5 Å². The van der Waals surface area contributed by atoms with E-state index < -0.39 is 0 Å². The van der Waals surface area contributed by atoms with Crippen molar-refractivity contribution in [3.63, 3.8) is 0 Å². The smallest absolute Gasteiger partial charge is 0.161 e. The number of hydrogen-bond acceptors (Lipinski definition) is 4. The van der Waals surface area contributed by atoms with Gasteiger partial charge >= 0.3 is 0 Å². The molecule has 5 heteroatoms. The fourth-order valence-corrected chi connectivity index (χ4v) is 4.08. The van der Waals surface area contributed by atoms with E-state index in [4.69, 9.17) is 26.4 Å². The van der Waals surface area contributed by atoms with E-state index >= 15 is 0 Å². The molecule has 0 bridgehead atoms. The van der Waals surface area contributed by atoms with Crippen LogP contribution in [0.2, 0.25) is 0 Å². The van der Waals surface area contributed by atoms with Gasteiger partial charge < -0.3 is 19.1 Å². The van der Waals surface area contributed by atoms with Crippen LogP contribution in [0, 0.1) is 6.92 Å². The normalized spacial score (nSPS) is 12.8. The zero-order valence-electron chi connectivity index (χ0n) is 18.0. The zero-order chi connectivity index (χ0) is 21.6. The number of aryl methyl sites for hydroxylation is 1. The number of nitrogens with zero attached hydrogens (tertiary/aromatic N) is 1. The molecule has 3 aromatic rings. The minimum Gasteiger partial charge on any atom is -0.493 e. The molecule has 1 heterocycles. The molecule has 0 amide bonds. The molecule has 0 unspecified atom stereocenters. The predicted octanol–water partition coefficient (Wildman–Crippen LogP) is 5.20. The molecule has 0 radical (unpaired) electrons. The first kappa shape index (κ1) is 21.2. The van der Waals surface area contributed by atoms with E-state index in [2.05, 4.69) is 29.2 Å². The van der Waals surface area contributed by atoms with Crippen molar-refractivity contribution < 1.29 is 14.2 Å². The van der Waals surface area contributed by atoms with Crippen molar-refractivity contribution in [1.82, 2.24) is 4.90 Å². The lowest BCUT2D eigenvalue weighted by Gasteiger charge is -2.31.